The number of likely N-dealkylation sites (tertiary alicyclic amines) is 1. The lowest BCUT2D eigenvalue weighted by Crippen LogP contribution is -2.47. The van der Waals surface area contributed by atoms with Gasteiger partial charge in [0.1, 0.15) is 0 Å². The van der Waals surface area contributed by atoms with E-state index in [9.17, 15) is 0 Å². The van der Waals surface area contributed by atoms with E-state index in [1.165, 1.54) is 77.3 Å². The van der Waals surface area contributed by atoms with Gasteiger partial charge in [0, 0.05) is 6.04 Å². The van der Waals surface area contributed by atoms with Crippen molar-refractivity contribution in [2.24, 2.45) is 17.6 Å². The van der Waals surface area contributed by atoms with Crippen molar-refractivity contribution in [2.45, 2.75) is 77.2 Å². The molecule has 1 heterocycles. The van der Waals surface area contributed by atoms with Crippen molar-refractivity contribution in [2.75, 3.05) is 19.6 Å². The second-order valence-corrected chi connectivity index (χ2v) is 6.78. The molecule has 0 spiro atoms. The van der Waals surface area contributed by atoms with Crippen molar-refractivity contribution in [1.82, 2.24) is 4.90 Å². The maximum atomic E-state index is 5.70. The van der Waals surface area contributed by atoms with Crippen molar-refractivity contribution in [3.63, 3.8) is 0 Å². The van der Waals surface area contributed by atoms with Gasteiger partial charge < -0.3 is 10.6 Å². The minimum Gasteiger partial charge on any atom is -0.330 e. The van der Waals surface area contributed by atoms with Crippen LogP contribution in [0.25, 0.3) is 0 Å². The third kappa shape index (κ3) is 4.46. The molecule has 0 aromatic rings. The first kappa shape index (κ1) is 15.3. The van der Waals surface area contributed by atoms with Crippen LogP contribution in [0.3, 0.4) is 0 Å². The van der Waals surface area contributed by atoms with E-state index in [2.05, 4.69) is 11.8 Å². The molecule has 0 radical (unpaired) electrons. The molecule has 2 aliphatic rings. The zero-order chi connectivity index (χ0) is 13.5. The van der Waals surface area contributed by atoms with Gasteiger partial charge in [-0.1, -0.05) is 26.2 Å². The van der Waals surface area contributed by atoms with Crippen molar-refractivity contribution in [3.05, 3.63) is 0 Å². The summed E-state index contributed by atoms with van der Waals surface area (Å²) in [6.07, 6.45) is 14.2. The molecular formula is C17H34N2. The lowest BCUT2D eigenvalue weighted by molar-refractivity contribution is 0.0585. The van der Waals surface area contributed by atoms with Crippen molar-refractivity contribution in [1.29, 1.82) is 0 Å². The van der Waals surface area contributed by atoms with Crippen molar-refractivity contribution >= 4 is 0 Å². The highest BCUT2D eigenvalue weighted by atomic mass is 15.2. The van der Waals surface area contributed by atoms with Gasteiger partial charge in [-0.3, -0.25) is 0 Å². The molecule has 2 fully saturated rings. The zero-order valence-corrected chi connectivity index (χ0v) is 12.9. The standard InChI is InChI=1S/C17H34N2/c1-2-15(11-12-18)7-5-13-19-14-6-9-16-8-3-4-10-17(16)19/h15-17H,2-14,18H2,1H3/t15?,16-,17-/m1/s1. The summed E-state index contributed by atoms with van der Waals surface area (Å²) in [4.78, 5) is 2.84. The van der Waals surface area contributed by atoms with E-state index < -0.39 is 0 Å². The molecule has 2 rings (SSSR count). The fourth-order valence-electron chi connectivity index (χ4n) is 4.38. The molecule has 0 amide bonds. The van der Waals surface area contributed by atoms with E-state index in [-0.39, 0.29) is 0 Å². The maximum absolute atomic E-state index is 5.70. The Kier molecular flexibility index (Phi) is 6.66. The Labute approximate surface area is 120 Å². The van der Waals surface area contributed by atoms with Gasteiger partial charge in [-0.25, -0.2) is 0 Å². The first-order valence-electron chi connectivity index (χ1n) is 8.79. The number of hydrogen-bond acceptors (Lipinski definition) is 2. The van der Waals surface area contributed by atoms with Crippen LogP contribution < -0.4 is 5.73 Å². The number of rotatable bonds is 7. The van der Waals surface area contributed by atoms with Crippen molar-refractivity contribution in [3.8, 4) is 0 Å². The van der Waals surface area contributed by atoms with E-state index >= 15 is 0 Å². The van der Waals surface area contributed by atoms with Gasteiger partial charge in [-0.15, -0.1) is 0 Å². The van der Waals surface area contributed by atoms with Crippen LogP contribution in [0.4, 0.5) is 0 Å². The van der Waals surface area contributed by atoms with Gasteiger partial charge in [-0.05, 0) is 76.4 Å². The Morgan fingerprint density at radius 3 is 2.68 bits per heavy atom. The van der Waals surface area contributed by atoms with E-state index in [0.29, 0.717) is 0 Å². The quantitative estimate of drug-likeness (QED) is 0.759. The molecule has 3 atom stereocenters. The molecule has 2 heteroatoms. The third-order valence-corrected chi connectivity index (χ3v) is 5.57. The fourth-order valence-corrected chi connectivity index (χ4v) is 4.38. The Bertz CT molecular complexity index is 239. The summed E-state index contributed by atoms with van der Waals surface area (Å²) in [5, 5.41) is 0. The van der Waals surface area contributed by atoms with Crippen molar-refractivity contribution < 1.29 is 0 Å². The molecule has 2 N–H and O–H groups in total. The van der Waals surface area contributed by atoms with Crippen LogP contribution in [0.1, 0.15) is 71.1 Å². The number of hydrogen-bond donors (Lipinski definition) is 1. The monoisotopic (exact) mass is 266 g/mol. The zero-order valence-electron chi connectivity index (χ0n) is 12.9. The van der Waals surface area contributed by atoms with E-state index in [1.807, 2.05) is 0 Å². The topological polar surface area (TPSA) is 29.3 Å². The number of fused-ring (bicyclic) bond motifs is 1. The third-order valence-electron chi connectivity index (χ3n) is 5.57. The van der Waals surface area contributed by atoms with Gasteiger partial charge in [-0.2, -0.15) is 0 Å². The highest BCUT2D eigenvalue weighted by Gasteiger charge is 2.32. The second-order valence-electron chi connectivity index (χ2n) is 6.78. The van der Waals surface area contributed by atoms with Crippen LogP contribution in [-0.4, -0.2) is 30.6 Å². The Morgan fingerprint density at radius 1 is 1.11 bits per heavy atom. The minimum atomic E-state index is 0.868. The van der Waals surface area contributed by atoms with Gasteiger partial charge >= 0.3 is 0 Å². The molecule has 1 saturated carbocycles. The van der Waals surface area contributed by atoms with E-state index in [4.69, 9.17) is 5.73 Å². The van der Waals surface area contributed by atoms with Gasteiger partial charge in [0.05, 0.1) is 0 Å². The SMILES string of the molecule is CCC(CCN)CCCN1CCC[C@H]2CCCC[C@H]21. The summed E-state index contributed by atoms with van der Waals surface area (Å²) in [5.41, 5.74) is 5.70. The molecule has 19 heavy (non-hydrogen) atoms. The summed E-state index contributed by atoms with van der Waals surface area (Å²) in [6.45, 7) is 5.91. The Morgan fingerprint density at radius 2 is 1.89 bits per heavy atom. The molecule has 1 aliphatic carbocycles. The Balaban J connectivity index is 1.72. The summed E-state index contributed by atoms with van der Waals surface area (Å²) in [7, 11) is 0. The van der Waals surface area contributed by atoms with Crippen LogP contribution in [0.15, 0.2) is 0 Å². The van der Waals surface area contributed by atoms with E-state index in [1.54, 1.807) is 0 Å². The molecule has 0 bridgehead atoms. The molecule has 1 saturated heterocycles. The summed E-state index contributed by atoms with van der Waals surface area (Å²) in [6, 6.07) is 0.942. The molecule has 1 unspecified atom stereocenters. The predicted octanol–water partition coefficient (Wildman–Crippen LogP) is 3.80. The summed E-state index contributed by atoms with van der Waals surface area (Å²) >= 11 is 0. The summed E-state index contributed by atoms with van der Waals surface area (Å²) < 4.78 is 0. The average molecular weight is 266 g/mol. The van der Waals surface area contributed by atoms with Crippen LogP contribution in [0.2, 0.25) is 0 Å². The summed E-state index contributed by atoms with van der Waals surface area (Å²) in [5.74, 6) is 1.91. The van der Waals surface area contributed by atoms with Crippen LogP contribution in [-0.2, 0) is 0 Å². The van der Waals surface area contributed by atoms with E-state index in [0.717, 1.165) is 24.4 Å². The minimum absolute atomic E-state index is 0.868. The molecule has 0 aromatic heterocycles. The number of nitrogens with two attached hydrogens (primary N) is 1. The Hall–Kier alpha value is -0.0800. The highest BCUT2D eigenvalue weighted by molar-refractivity contribution is 4.87. The molecular weight excluding hydrogens is 232 g/mol. The molecule has 112 valence electrons. The maximum Gasteiger partial charge on any atom is 0.0123 e. The number of piperidine rings is 1. The lowest BCUT2D eigenvalue weighted by Gasteiger charge is -2.44. The van der Waals surface area contributed by atoms with Crippen LogP contribution in [0, 0.1) is 11.8 Å². The normalized spacial score (nSPS) is 30.0. The fraction of sp³-hybridized carbons (Fsp3) is 1.00. The molecule has 2 nitrogen and oxygen atoms in total. The molecule has 1 aliphatic heterocycles. The van der Waals surface area contributed by atoms with Crippen LogP contribution in [0.5, 0.6) is 0 Å². The number of nitrogens with zero attached hydrogens (tertiary/aromatic N) is 1. The largest absolute Gasteiger partial charge is 0.330 e. The van der Waals surface area contributed by atoms with Gasteiger partial charge in [0.2, 0.25) is 0 Å². The predicted molar refractivity (Wildman–Crippen MR) is 83.2 cm³/mol. The highest BCUT2D eigenvalue weighted by Crippen LogP contribution is 2.35. The molecule has 0 aromatic carbocycles. The first-order valence-corrected chi connectivity index (χ1v) is 8.79. The van der Waals surface area contributed by atoms with Gasteiger partial charge in [0.25, 0.3) is 0 Å². The van der Waals surface area contributed by atoms with Crippen LogP contribution >= 0.6 is 0 Å². The second kappa shape index (κ2) is 8.26. The first-order chi connectivity index (χ1) is 9.35. The lowest BCUT2D eigenvalue weighted by atomic mass is 9.78. The average Bonchev–Trinajstić information content (AvgIpc) is 2.46. The van der Waals surface area contributed by atoms with Gasteiger partial charge in [0.15, 0.2) is 0 Å². The smallest absolute Gasteiger partial charge is 0.0123 e.